The second-order valence-corrected chi connectivity index (χ2v) is 4.71. The Balaban J connectivity index is 0. The molecule has 2 N–H and O–H groups in total. The first kappa shape index (κ1) is 27.4. The smallest absolute Gasteiger partial charge is 0.269 e. The number of aliphatic hydroxyl groups excluding tert-OH is 1. The molecule has 0 unspecified atom stereocenters. The van der Waals surface area contributed by atoms with Crippen LogP contribution in [0.3, 0.4) is 0 Å². The molecule has 1 amide bonds. The van der Waals surface area contributed by atoms with Crippen molar-refractivity contribution in [2.45, 2.75) is 54.1 Å². The van der Waals surface area contributed by atoms with Crippen molar-refractivity contribution in [2.24, 2.45) is 0 Å². The van der Waals surface area contributed by atoms with Crippen LogP contribution in [0.4, 0.5) is 5.69 Å². The third-order valence-electron chi connectivity index (χ3n) is 3.07. The van der Waals surface area contributed by atoms with Crippen molar-refractivity contribution in [2.75, 3.05) is 6.54 Å². The van der Waals surface area contributed by atoms with Crippen LogP contribution in [0.25, 0.3) is 0 Å². The van der Waals surface area contributed by atoms with Gasteiger partial charge in [-0.3, -0.25) is 19.9 Å². The number of carbonyl (C=O) groups is 1. The molecule has 2 rings (SSSR count). The molecule has 0 aliphatic heterocycles. The molecule has 7 heteroatoms. The average molecular weight is 392 g/mol. The number of amides is 1. The van der Waals surface area contributed by atoms with E-state index < -0.39 is 11.0 Å². The zero-order valence-corrected chi connectivity index (χ0v) is 17.7. The number of nitro groups is 1. The number of aliphatic hydroxyl groups is 1. The molecule has 0 aliphatic rings. The fourth-order valence-corrected chi connectivity index (χ4v) is 1.88. The summed E-state index contributed by atoms with van der Waals surface area (Å²) in [4.78, 5) is 25.7. The Morgan fingerprint density at radius 1 is 1.11 bits per heavy atom. The first-order valence-corrected chi connectivity index (χ1v) is 9.64. The van der Waals surface area contributed by atoms with Gasteiger partial charge in [-0.15, -0.1) is 0 Å². The minimum atomic E-state index is -0.825. The second kappa shape index (κ2) is 17.6. The Kier molecular flexibility index (Phi) is 17.2. The van der Waals surface area contributed by atoms with E-state index >= 15 is 0 Å². The number of hydrogen-bond donors (Lipinski definition) is 2. The van der Waals surface area contributed by atoms with E-state index in [0.29, 0.717) is 11.1 Å². The molecule has 1 aromatic heterocycles. The predicted octanol–water partition coefficient (Wildman–Crippen LogP) is 4.46. The van der Waals surface area contributed by atoms with Crippen molar-refractivity contribution < 1.29 is 14.8 Å². The lowest BCUT2D eigenvalue weighted by Crippen LogP contribution is -2.29. The van der Waals surface area contributed by atoms with Crippen LogP contribution in [0.15, 0.2) is 48.8 Å². The van der Waals surface area contributed by atoms with E-state index in [1.165, 1.54) is 30.5 Å². The van der Waals surface area contributed by atoms with E-state index in [1.807, 2.05) is 41.5 Å². The number of nitrogens with one attached hydrogen (secondary N) is 1. The van der Waals surface area contributed by atoms with E-state index in [9.17, 15) is 20.0 Å². The predicted molar refractivity (Wildman–Crippen MR) is 113 cm³/mol. The minimum absolute atomic E-state index is 0.0174. The molecule has 156 valence electrons. The van der Waals surface area contributed by atoms with Crippen LogP contribution >= 0.6 is 0 Å². The lowest BCUT2D eigenvalue weighted by Gasteiger charge is -2.11. The maximum atomic E-state index is 11.8. The average Bonchev–Trinajstić information content (AvgIpc) is 2.77. The molecule has 2 aromatic rings. The number of benzene rings is 1. The first-order valence-electron chi connectivity index (χ1n) is 9.64. The molecule has 7 nitrogen and oxygen atoms in total. The topological polar surface area (TPSA) is 105 Å². The number of non-ortho nitro benzene ring substituents is 1. The number of carbonyl (C=O) groups excluding carboxylic acids is 1. The second-order valence-electron chi connectivity index (χ2n) is 4.71. The molecule has 0 spiro atoms. The summed E-state index contributed by atoms with van der Waals surface area (Å²) in [5.41, 5.74) is 1.27. The number of rotatable bonds is 6. The Morgan fingerprint density at radius 2 is 1.68 bits per heavy atom. The molecule has 1 aromatic carbocycles. The Bertz CT molecular complexity index is 646. The van der Waals surface area contributed by atoms with Crippen molar-refractivity contribution in [1.82, 2.24) is 10.3 Å². The third-order valence-corrected chi connectivity index (χ3v) is 3.07. The highest BCUT2D eigenvalue weighted by atomic mass is 16.6. The maximum Gasteiger partial charge on any atom is 0.269 e. The van der Waals surface area contributed by atoms with Crippen LogP contribution in [0.5, 0.6) is 0 Å². The van der Waals surface area contributed by atoms with Gasteiger partial charge in [0.2, 0.25) is 5.91 Å². The van der Waals surface area contributed by atoms with Gasteiger partial charge in [-0.25, -0.2) is 0 Å². The maximum absolute atomic E-state index is 11.8. The van der Waals surface area contributed by atoms with Crippen LogP contribution in [0.1, 0.15) is 58.8 Å². The zero-order chi connectivity index (χ0) is 21.9. The van der Waals surface area contributed by atoms with Gasteiger partial charge >= 0.3 is 0 Å². The highest BCUT2D eigenvalue weighted by molar-refractivity contribution is 5.78. The monoisotopic (exact) mass is 391 g/mol. The molecule has 28 heavy (non-hydrogen) atoms. The van der Waals surface area contributed by atoms with Gasteiger partial charge in [0.1, 0.15) is 0 Å². The standard InChI is InChI=1S/C15H15N3O4.3C2H6/c19-14(12-2-1-7-16-9-12)10-17-15(20)8-11-3-5-13(6-4-11)18(21)22;3*1-2/h1-7,9,14,19H,8,10H2,(H,17,20);3*1-2H3/t14-;;;/m0.../s1. The number of nitrogens with zero attached hydrogens (tertiary/aromatic N) is 2. The van der Waals surface area contributed by atoms with Gasteiger partial charge < -0.3 is 10.4 Å². The number of nitro benzene ring substituents is 1. The molecule has 0 fully saturated rings. The quantitative estimate of drug-likeness (QED) is 0.558. The molecular weight excluding hydrogens is 358 g/mol. The van der Waals surface area contributed by atoms with Crippen LogP contribution in [0.2, 0.25) is 0 Å². The van der Waals surface area contributed by atoms with Crippen molar-refractivity contribution in [1.29, 1.82) is 0 Å². The zero-order valence-electron chi connectivity index (χ0n) is 17.7. The minimum Gasteiger partial charge on any atom is -0.387 e. The number of hydrogen-bond acceptors (Lipinski definition) is 5. The summed E-state index contributed by atoms with van der Waals surface area (Å²) < 4.78 is 0. The summed E-state index contributed by atoms with van der Waals surface area (Å²) in [5, 5.41) is 23.1. The summed E-state index contributed by atoms with van der Waals surface area (Å²) in [6.45, 7) is 12.1. The van der Waals surface area contributed by atoms with Gasteiger partial charge in [0.15, 0.2) is 0 Å². The molecule has 0 radical (unpaired) electrons. The Hall–Kier alpha value is -2.80. The van der Waals surface area contributed by atoms with Crippen molar-refractivity contribution in [3.8, 4) is 0 Å². The van der Waals surface area contributed by atoms with E-state index in [0.717, 1.165) is 0 Å². The van der Waals surface area contributed by atoms with Crippen molar-refractivity contribution in [3.05, 3.63) is 70.0 Å². The lowest BCUT2D eigenvalue weighted by molar-refractivity contribution is -0.384. The number of aromatic nitrogens is 1. The SMILES string of the molecule is CC.CC.CC.O=C(Cc1ccc([N+](=O)[O-])cc1)NC[C@H](O)c1cccnc1. The van der Waals surface area contributed by atoms with E-state index in [-0.39, 0.29) is 24.6 Å². The van der Waals surface area contributed by atoms with Crippen LogP contribution in [-0.4, -0.2) is 27.5 Å². The highest BCUT2D eigenvalue weighted by Gasteiger charge is 2.11. The van der Waals surface area contributed by atoms with Gasteiger partial charge in [0, 0.05) is 36.6 Å². The summed E-state index contributed by atoms with van der Waals surface area (Å²) in [6.07, 6.45) is 2.41. The lowest BCUT2D eigenvalue weighted by atomic mass is 10.1. The first-order chi connectivity index (χ1) is 13.6. The molecule has 0 saturated heterocycles. The molecular formula is C21H33N3O4. The van der Waals surface area contributed by atoms with Crippen LogP contribution in [-0.2, 0) is 11.2 Å². The van der Waals surface area contributed by atoms with Gasteiger partial charge in [0.25, 0.3) is 5.69 Å². The summed E-state index contributed by atoms with van der Waals surface area (Å²) in [6, 6.07) is 9.21. The third kappa shape index (κ3) is 11.0. The Labute approximate surface area is 168 Å². The summed E-state index contributed by atoms with van der Waals surface area (Å²) >= 11 is 0. The van der Waals surface area contributed by atoms with E-state index in [2.05, 4.69) is 10.3 Å². The Morgan fingerprint density at radius 3 is 2.14 bits per heavy atom. The van der Waals surface area contributed by atoms with Crippen molar-refractivity contribution >= 4 is 11.6 Å². The molecule has 0 aliphatic carbocycles. The van der Waals surface area contributed by atoms with Gasteiger partial charge in [-0.1, -0.05) is 59.7 Å². The fraction of sp³-hybridized carbons (Fsp3) is 0.429. The van der Waals surface area contributed by atoms with Gasteiger partial charge in [0.05, 0.1) is 17.4 Å². The van der Waals surface area contributed by atoms with Gasteiger partial charge in [-0.2, -0.15) is 0 Å². The molecule has 1 heterocycles. The molecule has 0 saturated carbocycles. The van der Waals surface area contributed by atoms with Crippen molar-refractivity contribution in [3.63, 3.8) is 0 Å². The summed E-state index contributed by atoms with van der Waals surface area (Å²) in [5.74, 6) is -0.267. The molecule has 0 bridgehead atoms. The number of pyridine rings is 1. The highest BCUT2D eigenvalue weighted by Crippen LogP contribution is 2.12. The normalized spacial score (nSPS) is 9.82. The molecule has 1 atom stereocenters. The fourth-order valence-electron chi connectivity index (χ4n) is 1.88. The van der Waals surface area contributed by atoms with E-state index in [4.69, 9.17) is 0 Å². The summed E-state index contributed by atoms with van der Waals surface area (Å²) in [7, 11) is 0. The van der Waals surface area contributed by atoms with Crippen LogP contribution in [0, 0.1) is 10.1 Å². The largest absolute Gasteiger partial charge is 0.387 e. The van der Waals surface area contributed by atoms with E-state index in [1.54, 1.807) is 18.3 Å². The van der Waals surface area contributed by atoms with Crippen LogP contribution < -0.4 is 5.32 Å². The van der Waals surface area contributed by atoms with Gasteiger partial charge in [-0.05, 0) is 11.6 Å².